The van der Waals surface area contributed by atoms with Crippen molar-refractivity contribution in [2.75, 3.05) is 26.2 Å². The fourth-order valence-corrected chi connectivity index (χ4v) is 4.05. The Bertz CT molecular complexity index is 523. The van der Waals surface area contributed by atoms with E-state index in [1.54, 1.807) is 0 Å². The van der Waals surface area contributed by atoms with E-state index in [0.717, 1.165) is 39.1 Å². The minimum Gasteiger partial charge on any atom is -0.352 e. The van der Waals surface area contributed by atoms with E-state index in [2.05, 4.69) is 52.8 Å². The minimum absolute atomic E-state index is 0. The van der Waals surface area contributed by atoms with E-state index in [1.165, 1.54) is 18.4 Å². The third-order valence-corrected chi connectivity index (χ3v) is 5.53. The predicted octanol–water partition coefficient (Wildman–Crippen LogP) is 3.25. The van der Waals surface area contributed by atoms with Crippen molar-refractivity contribution >= 4 is 30.7 Å². The van der Waals surface area contributed by atoms with Gasteiger partial charge in [0.15, 0.2) is 0 Å². The lowest BCUT2D eigenvalue weighted by Gasteiger charge is -2.28. The van der Waals surface area contributed by atoms with Gasteiger partial charge in [0.05, 0.1) is 0 Å². The van der Waals surface area contributed by atoms with Crippen LogP contribution in [0.3, 0.4) is 0 Å². The molecule has 148 valence electrons. The number of rotatable bonds is 6. The summed E-state index contributed by atoms with van der Waals surface area (Å²) in [7, 11) is 0. The molecule has 2 heterocycles. The Morgan fingerprint density at radius 1 is 1.27 bits per heavy atom. The highest BCUT2D eigenvalue weighted by molar-refractivity contribution is 5.85. The lowest BCUT2D eigenvalue weighted by Crippen LogP contribution is -2.39. The van der Waals surface area contributed by atoms with E-state index in [1.807, 2.05) is 0 Å². The van der Waals surface area contributed by atoms with Crippen LogP contribution < -0.4 is 10.6 Å². The zero-order chi connectivity index (χ0) is 16.8. The molecule has 1 amide bonds. The second-order valence-corrected chi connectivity index (χ2v) is 7.56. The van der Waals surface area contributed by atoms with Gasteiger partial charge in [0.1, 0.15) is 0 Å². The highest BCUT2D eigenvalue weighted by atomic mass is 35.5. The van der Waals surface area contributed by atoms with E-state index in [9.17, 15) is 4.79 Å². The van der Waals surface area contributed by atoms with Gasteiger partial charge in [-0.25, -0.2) is 0 Å². The standard InChI is InChI=1S/C20H31N3O.2ClH/c1-16(18-8-5-10-21-13-18)12-20(24)22-19-9-11-23(15-19)14-17-6-3-2-4-7-17;;/h2-4,6-7,16,18-19,21H,5,8-15H2,1H3,(H,22,24);2*1H. The molecule has 26 heavy (non-hydrogen) atoms. The molecule has 2 aliphatic rings. The molecule has 0 radical (unpaired) electrons. The predicted molar refractivity (Wildman–Crippen MR) is 112 cm³/mol. The van der Waals surface area contributed by atoms with E-state index < -0.39 is 0 Å². The monoisotopic (exact) mass is 401 g/mol. The third kappa shape index (κ3) is 7.07. The van der Waals surface area contributed by atoms with Gasteiger partial charge in [0.25, 0.3) is 0 Å². The summed E-state index contributed by atoms with van der Waals surface area (Å²) in [5, 5.41) is 6.72. The fraction of sp³-hybridized carbons (Fsp3) is 0.650. The summed E-state index contributed by atoms with van der Waals surface area (Å²) in [6.45, 7) is 7.46. The summed E-state index contributed by atoms with van der Waals surface area (Å²) in [5.41, 5.74) is 1.35. The Kier molecular flexibility index (Phi) is 10.6. The molecule has 0 saturated carbocycles. The van der Waals surface area contributed by atoms with Crippen LogP contribution in [0.4, 0.5) is 0 Å². The van der Waals surface area contributed by atoms with Crippen LogP contribution in [0.2, 0.25) is 0 Å². The van der Waals surface area contributed by atoms with Crippen LogP contribution in [0.15, 0.2) is 30.3 Å². The van der Waals surface area contributed by atoms with Gasteiger partial charge in [-0.3, -0.25) is 9.69 Å². The number of benzene rings is 1. The first-order valence-electron chi connectivity index (χ1n) is 9.47. The maximum Gasteiger partial charge on any atom is 0.220 e. The van der Waals surface area contributed by atoms with Crippen LogP contribution in [0.1, 0.15) is 38.2 Å². The SMILES string of the molecule is CC(CC(=O)NC1CCN(Cc2ccccc2)C1)C1CCCNC1.Cl.Cl. The number of halogens is 2. The highest BCUT2D eigenvalue weighted by Gasteiger charge is 2.26. The highest BCUT2D eigenvalue weighted by Crippen LogP contribution is 2.22. The quantitative estimate of drug-likeness (QED) is 0.768. The van der Waals surface area contributed by atoms with Crippen molar-refractivity contribution in [2.45, 2.75) is 45.2 Å². The Hall–Kier alpha value is -0.810. The maximum absolute atomic E-state index is 12.4. The number of nitrogens with zero attached hydrogens (tertiary/aromatic N) is 1. The van der Waals surface area contributed by atoms with E-state index in [0.29, 0.717) is 24.3 Å². The van der Waals surface area contributed by atoms with Crippen LogP contribution in [-0.2, 0) is 11.3 Å². The Morgan fingerprint density at radius 2 is 2.04 bits per heavy atom. The topological polar surface area (TPSA) is 44.4 Å². The molecule has 2 aliphatic heterocycles. The molecule has 0 aromatic heterocycles. The molecule has 2 saturated heterocycles. The molecule has 0 aliphatic carbocycles. The van der Waals surface area contributed by atoms with Crippen molar-refractivity contribution in [3.05, 3.63) is 35.9 Å². The lowest BCUT2D eigenvalue weighted by atomic mass is 9.85. The first kappa shape index (κ1) is 23.2. The van der Waals surface area contributed by atoms with Crippen molar-refractivity contribution in [3.8, 4) is 0 Å². The molecule has 3 rings (SSSR count). The first-order chi connectivity index (χ1) is 11.7. The second-order valence-electron chi connectivity index (χ2n) is 7.56. The van der Waals surface area contributed by atoms with Crippen molar-refractivity contribution in [1.29, 1.82) is 0 Å². The molecule has 0 bridgehead atoms. The van der Waals surface area contributed by atoms with Gasteiger partial charge in [-0.1, -0.05) is 37.3 Å². The van der Waals surface area contributed by atoms with Crippen LogP contribution in [0, 0.1) is 11.8 Å². The molecule has 6 heteroatoms. The molecule has 2 N–H and O–H groups in total. The first-order valence-corrected chi connectivity index (χ1v) is 9.47. The van der Waals surface area contributed by atoms with Gasteiger partial charge < -0.3 is 10.6 Å². The maximum atomic E-state index is 12.4. The van der Waals surface area contributed by atoms with E-state index >= 15 is 0 Å². The largest absolute Gasteiger partial charge is 0.352 e. The van der Waals surface area contributed by atoms with Gasteiger partial charge in [-0.2, -0.15) is 0 Å². The van der Waals surface area contributed by atoms with E-state index in [4.69, 9.17) is 0 Å². The number of hydrogen-bond acceptors (Lipinski definition) is 3. The number of piperidine rings is 1. The third-order valence-electron chi connectivity index (χ3n) is 5.53. The number of nitrogens with one attached hydrogen (secondary N) is 2. The summed E-state index contributed by atoms with van der Waals surface area (Å²) in [6, 6.07) is 10.9. The smallest absolute Gasteiger partial charge is 0.220 e. The molecule has 3 atom stereocenters. The number of carbonyl (C=O) groups excluding carboxylic acids is 1. The molecule has 0 spiro atoms. The summed E-state index contributed by atoms with van der Waals surface area (Å²) in [5.74, 6) is 1.36. The lowest BCUT2D eigenvalue weighted by molar-refractivity contribution is -0.123. The molecule has 1 aromatic rings. The average Bonchev–Trinajstić information content (AvgIpc) is 3.03. The zero-order valence-corrected chi connectivity index (χ0v) is 17.3. The Morgan fingerprint density at radius 3 is 2.73 bits per heavy atom. The number of amides is 1. The van der Waals surface area contributed by atoms with Crippen LogP contribution in [-0.4, -0.2) is 43.0 Å². The Labute approximate surface area is 170 Å². The molecule has 3 unspecified atom stereocenters. The van der Waals surface area contributed by atoms with Gasteiger partial charge in [0, 0.05) is 32.1 Å². The summed E-state index contributed by atoms with van der Waals surface area (Å²) >= 11 is 0. The van der Waals surface area contributed by atoms with Gasteiger partial charge in [0.2, 0.25) is 5.91 Å². The summed E-state index contributed by atoms with van der Waals surface area (Å²) in [6.07, 6.45) is 4.24. The second kappa shape index (κ2) is 11.8. The Balaban J connectivity index is 0.00000169. The normalized spacial score (nSPS) is 24.2. The number of carbonyl (C=O) groups is 1. The van der Waals surface area contributed by atoms with Crippen molar-refractivity contribution < 1.29 is 4.79 Å². The van der Waals surface area contributed by atoms with E-state index in [-0.39, 0.29) is 30.7 Å². The molecular formula is C20H33Cl2N3O. The minimum atomic E-state index is 0. The van der Waals surface area contributed by atoms with Crippen LogP contribution in [0.5, 0.6) is 0 Å². The summed E-state index contributed by atoms with van der Waals surface area (Å²) < 4.78 is 0. The van der Waals surface area contributed by atoms with Gasteiger partial charge in [-0.05, 0) is 49.8 Å². The fourth-order valence-electron chi connectivity index (χ4n) is 4.05. The number of hydrogen-bond donors (Lipinski definition) is 2. The van der Waals surface area contributed by atoms with Gasteiger partial charge >= 0.3 is 0 Å². The van der Waals surface area contributed by atoms with Crippen LogP contribution >= 0.6 is 24.8 Å². The van der Waals surface area contributed by atoms with Gasteiger partial charge in [-0.15, -0.1) is 24.8 Å². The molecule has 4 nitrogen and oxygen atoms in total. The molecule has 2 fully saturated rings. The number of likely N-dealkylation sites (tertiary alicyclic amines) is 1. The van der Waals surface area contributed by atoms with Crippen molar-refractivity contribution in [2.24, 2.45) is 11.8 Å². The molecule has 1 aromatic carbocycles. The summed E-state index contributed by atoms with van der Waals surface area (Å²) in [4.78, 5) is 14.8. The zero-order valence-electron chi connectivity index (χ0n) is 15.7. The molecular weight excluding hydrogens is 369 g/mol. The van der Waals surface area contributed by atoms with Crippen LogP contribution in [0.25, 0.3) is 0 Å². The van der Waals surface area contributed by atoms with Crippen molar-refractivity contribution in [1.82, 2.24) is 15.5 Å². The van der Waals surface area contributed by atoms with Crippen molar-refractivity contribution in [3.63, 3.8) is 0 Å². The average molecular weight is 402 g/mol.